The van der Waals surface area contributed by atoms with Crippen molar-refractivity contribution in [1.82, 2.24) is 5.32 Å². The maximum atomic E-state index is 12.2. The fourth-order valence-corrected chi connectivity index (χ4v) is 3.06. The summed E-state index contributed by atoms with van der Waals surface area (Å²) in [6.07, 6.45) is 0.300. The van der Waals surface area contributed by atoms with E-state index in [-0.39, 0.29) is 12.2 Å². The van der Waals surface area contributed by atoms with Crippen LogP contribution in [-0.2, 0) is 15.2 Å². The van der Waals surface area contributed by atoms with Crippen LogP contribution in [0, 0.1) is 0 Å². The molecule has 1 aliphatic rings. The van der Waals surface area contributed by atoms with Crippen LogP contribution in [0.5, 0.6) is 11.5 Å². The first kappa shape index (κ1) is 19.0. The van der Waals surface area contributed by atoms with E-state index in [1.54, 1.807) is 36.4 Å². The van der Waals surface area contributed by atoms with Gasteiger partial charge in [0.25, 0.3) is 0 Å². The Morgan fingerprint density at radius 1 is 1.26 bits per heavy atom. The minimum absolute atomic E-state index is 0.119. The first-order chi connectivity index (χ1) is 12.9. The van der Waals surface area contributed by atoms with E-state index < -0.39 is 17.4 Å². The number of nitrogens with one attached hydrogen (secondary N) is 2. The van der Waals surface area contributed by atoms with Crippen LogP contribution in [0.25, 0.3) is 0 Å². The average molecular weight is 391 g/mol. The van der Waals surface area contributed by atoms with Crippen molar-refractivity contribution < 1.29 is 24.2 Å². The van der Waals surface area contributed by atoms with Gasteiger partial charge >= 0.3 is 11.8 Å². The van der Waals surface area contributed by atoms with Crippen LogP contribution in [0.3, 0.4) is 0 Å². The molecule has 1 aliphatic heterocycles. The highest BCUT2D eigenvalue weighted by Crippen LogP contribution is 2.36. The van der Waals surface area contributed by atoms with Gasteiger partial charge in [0.05, 0.1) is 25.9 Å². The van der Waals surface area contributed by atoms with Gasteiger partial charge in [-0.2, -0.15) is 0 Å². The Balaban J connectivity index is 1.66. The number of aliphatic hydroxyl groups is 1. The van der Waals surface area contributed by atoms with Gasteiger partial charge in [-0.25, -0.2) is 0 Å². The third-order valence-corrected chi connectivity index (χ3v) is 4.55. The monoisotopic (exact) mass is 390 g/mol. The summed E-state index contributed by atoms with van der Waals surface area (Å²) < 4.78 is 10.6. The maximum Gasteiger partial charge on any atom is 0.313 e. The van der Waals surface area contributed by atoms with Crippen LogP contribution in [0.2, 0.25) is 5.02 Å². The van der Waals surface area contributed by atoms with Crippen LogP contribution in [0.1, 0.15) is 12.0 Å². The minimum Gasteiger partial charge on any atom is -0.495 e. The van der Waals surface area contributed by atoms with Crippen LogP contribution in [-0.4, -0.2) is 37.2 Å². The van der Waals surface area contributed by atoms with Crippen LogP contribution >= 0.6 is 11.6 Å². The van der Waals surface area contributed by atoms with Gasteiger partial charge in [-0.05, 0) is 24.3 Å². The molecule has 0 bridgehead atoms. The number of benzene rings is 2. The number of carbonyl (C=O) groups excluding carboxylic acids is 2. The van der Waals surface area contributed by atoms with Gasteiger partial charge in [0.2, 0.25) is 0 Å². The molecule has 27 heavy (non-hydrogen) atoms. The van der Waals surface area contributed by atoms with E-state index >= 15 is 0 Å². The number of carbonyl (C=O) groups is 2. The number of methoxy groups -OCH3 is 1. The molecule has 8 heteroatoms. The number of rotatable bonds is 4. The predicted molar refractivity (Wildman–Crippen MR) is 100 cm³/mol. The number of para-hydroxylation sites is 1. The molecular weight excluding hydrogens is 372 g/mol. The molecule has 2 aromatic rings. The van der Waals surface area contributed by atoms with Crippen molar-refractivity contribution in [3.63, 3.8) is 0 Å². The molecule has 3 N–H and O–H groups in total. The van der Waals surface area contributed by atoms with Gasteiger partial charge in [0.1, 0.15) is 17.1 Å². The fraction of sp³-hybridized carbons (Fsp3) is 0.263. The molecule has 0 spiro atoms. The maximum absolute atomic E-state index is 12.2. The summed E-state index contributed by atoms with van der Waals surface area (Å²) in [5.74, 6) is -0.833. The minimum atomic E-state index is -1.31. The first-order valence-electron chi connectivity index (χ1n) is 8.30. The summed E-state index contributed by atoms with van der Waals surface area (Å²) in [5, 5.41) is 16.2. The number of amides is 2. The summed E-state index contributed by atoms with van der Waals surface area (Å²) >= 11 is 5.91. The summed E-state index contributed by atoms with van der Waals surface area (Å²) in [6, 6.07) is 11.7. The standard InChI is InChI=1S/C19H19ClN2O5/c1-26-16-7-6-12(20)10-14(16)22-18(24)17(23)21-11-19(25)8-9-27-15-5-3-2-4-13(15)19/h2-7,10,25H,8-9,11H2,1H3,(H,21,23)(H,22,24). The molecule has 2 aromatic carbocycles. The smallest absolute Gasteiger partial charge is 0.313 e. The van der Waals surface area contributed by atoms with Gasteiger partial charge in [0.15, 0.2) is 0 Å². The summed E-state index contributed by atoms with van der Waals surface area (Å²) in [7, 11) is 1.44. The molecule has 0 radical (unpaired) electrons. The third-order valence-electron chi connectivity index (χ3n) is 4.32. The topological polar surface area (TPSA) is 96.9 Å². The summed E-state index contributed by atoms with van der Waals surface area (Å²) in [4.78, 5) is 24.4. The Bertz CT molecular complexity index is 873. The number of halogens is 1. The molecule has 1 heterocycles. The van der Waals surface area contributed by atoms with Crippen molar-refractivity contribution in [3.8, 4) is 11.5 Å². The van der Waals surface area contributed by atoms with Crippen molar-refractivity contribution in [2.45, 2.75) is 12.0 Å². The highest BCUT2D eigenvalue weighted by atomic mass is 35.5. The average Bonchev–Trinajstić information content (AvgIpc) is 2.67. The third kappa shape index (κ3) is 4.15. The second-order valence-corrected chi connectivity index (χ2v) is 6.54. The number of anilines is 1. The summed E-state index contributed by atoms with van der Waals surface area (Å²) in [6.45, 7) is 0.196. The molecule has 3 rings (SSSR count). The normalized spacial score (nSPS) is 18.0. The molecule has 0 aromatic heterocycles. The Labute approximate surface area is 161 Å². The SMILES string of the molecule is COc1ccc(Cl)cc1NC(=O)C(=O)NCC1(O)CCOc2ccccc21. The molecule has 0 aliphatic carbocycles. The number of hydrogen-bond acceptors (Lipinski definition) is 5. The Hall–Kier alpha value is -2.77. The van der Waals surface area contributed by atoms with Crippen molar-refractivity contribution in [1.29, 1.82) is 0 Å². The lowest BCUT2D eigenvalue weighted by Crippen LogP contribution is -2.46. The quantitative estimate of drug-likeness (QED) is 0.694. The molecule has 0 saturated carbocycles. The second kappa shape index (κ2) is 7.85. The number of ether oxygens (including phenoxy) is 2. The molecule has 7 nitrogen and oxygen atoms in total. The van der Waals surface area contributed by atoms with Crippen LogP contribution in [0.4, 0.5) is 5.69 Å². The largest absolute Gasteiger partial charge is 0.495 e. The fourth-order valence-electron chi connectivity index (χ4n) is 2.89. The molecule has 0 saturated heterocycles. The van der Waals surface area contributed by atoms with Crippen molar-refractivity contribution in [2.24, 2.45) is 0 Å². The van der Waals surface area contributed by atoms with Crippen molar-refractivity contribution in [2.75, 3.05) is 25.6 Å². The highest BCUT2D eigenvalue weighted by Gasteiger charge is 2.36. The Morgan fingerprint density at radius 2 is 2.04 bits per heavy atom. The lowest BCUT2D eigenvalue weighted by Gasteiger charge is -2.34. The van der Waals surface area contributed by atoms with Gasteiger partial charge in [-0.15, -0.1) is 0 Å². The van der Waals surface area contributed by atoms with Gasteiger partial charge < -0.3 is 25.2 Å². The Morgan fingerprint density at radius 3 is 2.81 bits per heavy atom. The zero-order chi connectivity index (χ0) is 19.4. The second-order valence-electron chi connectivity index (χ2n) is 6.11. The van der Waals surface area contributed by atoms with E-state index in [0.29, 0.717) is 35.1 Å². The van der Waals surface area contributed by atoms with Crippen molar-refractivity contribution in [3.05, 3.63) is 53.1 Å². The Kier molecular flexibility index (Phi) is 5.53. The van der Waals surface area contributed by atoms with E-state index in [0.717, 1.165) is 0 Å². The summed E-state index contributed by atoms with van der Waals surface area (Å²) in [5.41, 5.74) is -0.452. The van der Waals surface area contributed by atoms with Gasteiger partial charge in [-0.1, -0.05) is 29.8 Å². The molecule has 142 valence electrons. The number of hydrogen-bond donors (Lipinski definition) is 3. The zero-order valence-corrected chi connectivity index (χ0v) is 15.4. The number of fused-ring (bicyclic) bond motifs is 1. The predicted octanol–water partition coefficient (Wildman–Crippen LogP) is 2.07. The van der Waals surface area contributed by atoms with E-state index in [2.05, 4.69) is 10.6 Å². The molecule has 1 unspecified atom stereocenters. The molecular formula is C19H19ClN2O5. The molecule has 2 amide bonds. The molecule has 1 atom stereocenters. The molecule has 0 fully saturated rings. The van der Waals surface area contributed by atoms with E-state index in [1.165, 1.54) is 13.2 Å². The van der Waals surface area contributed by atoms with E-state index in [9.17, 15) is 14.7 Å². The van der Waals surface area contributed by atoms with Crippen LogP contribution in [0.15, 0.2) is 42.5 Å². The van der Waals surface area contributed by atoms with E-state index in [4.69, 9.17) is 21.1 Å². The van der Waals surface area contributed by atoms with Gasteiger partial charge in [0, 0.05) is 17.0 Å². The van der Waals surface area contributed by atoms with Crippen LogP contribution < -0.4 is 20.1 Å². The lowest BCUT2D eigenvalue weighted by molar-refractivity contribution is -0.137. The van der Waals surface area contributed by atoms with Gasteiger partial charge in [-0.3, -0.25) is 9.59 Å². The first-order valence-corrected chi connectivity index (χ1v) is 8.68. The van der Waals surface area contributed by atoms with E-state index in [1.807, 2.05) is 0 Å². The van der Waals surface area contributed by atoms with Crippen molar-refractivity contribution >= 4 is 29.1 Å². The highest BCUT2D eigenvalue weighted by molar-refractivity contribution is 6.40. The lowest BCUT2D eigenvalue weighted by atomic mass is 9.88. The zero-order valence-electron chi connectivity index (χ0n) is 14.6.